The zero-order valence-corrected chi connectivity index (χ0v) is 20.5. The van der Waals surface area contributed by atoms with E-state index in [9.17, 15) is 14.4 Å². The van der Waals surface area contributed by atoms with Crippen molar-refractivity contribution in [1.29, 1.82) is 0 Å². The van der Waals surface area contributed by atoms with Crippen molar-refractivity contribution in [3.63, 3.8) is 0 Å². The summed E-state index contributed by atoms with van der Waals surface area (Å²) in [4.78, 5) is 36.7. The molecule has 1 fully saturated rings. The monoisotopic (exact) mass is 448 g/mol. The van der Waals surface area contributed by atoms with Gasteiger partial charge in [0.2, 0.25) is 0 Å². The largest absolute Gasteiger partial charge is 0.461 e. The lowest BCUT2D eigenvalue weighted by atomic mass is 9.93. The molecule has 2 heterocycles. The number of Topliss-reactive ketones (excluding diaryl/α,β-unsaturated/α-hetero) is 1. The van der Waals surface area contributed by atoms with Gasteiger partial charge in [-0.15, -0.1) is 0 Å². The summed E-state index contributed by atoms with van der Waals surface area (Å²) in [6, 6.07) is 0. The van der Waals surface area contributed by atoms with E-state index in [1.807, 2.05) is 20.8 Å². The maximum Gasteiger partial charge on any atom is 0.330 e. The predicted octanol–water partition coefficient (Wildman–Crippen LogP) is 5.10. The number of esters is 2. The van der Waals surface area contributed by atoms with Gasteiger partial charge in [-0.05, 0) is 46.0 Å². The minimum atomic E-state index is -0.493. The molecule has 2 aliphatic rings. The molecule has 1 saturated heterocycles. The van der Waals surface area contributed by atoms with Gasteiger partial charge in [0.25, 0.3) is 0 Å². The summed E-state index contributed by atoms with van der Waals surface area (Å²) in [5.74, 6) is -1.05. The van der Waals surface area contributed by atoms with Gasteiger partial charge in [0, 0.05) is 24.8 Å². The number of ketones is 1. The van der Waals surface area contributed by atoms with Crippen LogP contribution in [0.15, 0.2) is 23.8 Å². The fraction of sp³-hybridized carbons (Fsp3) is 0.731. The molecule has 6 nitrogen and oxygen atoms in total. The van der Waals surface area contributed by atoms with Crippen LogP contribution in [-0.2, 0) is 28.6 Å². The molecule has 0 radical (unpaired) electrons. The van der Waals surface area contributed by atoms with Crippen LogP contribution in [0.3, 0.4) is 0 Å². The second-order valence-corrected chi connectivity index (χ2v) is 9.92. The predicted molar refractivity (Wildman–Crippen MR) is 123 cm³/mol. The standard InChI is InChI=1S/C26H40O6/c1-7-12-26(6)16-23-21(32-26)10-8-17(2)13-19(4)22(15-20(5)27)30-25(29)14-18(3)9-11-24(28)31-23/h9,11,13,18-19,21-23H,7-8,10,12,14-16H2,1-6H3/b11-9+,17-13+/t18-,19-,21+,22+,23-,26+/m1/s1. The highest BCUT2D eigenvalue weighted by molar-refractivity contribution is 5.82. The zero-order chi connectivity index (χ0) is 23.9. The number of cyclic esters (lactones) is 1. The Labute approximate surface area is 192 Å². The quantitative estimate of drug-likeness (QED) is 0.440. The van der Waals surface area contributed by atoms with Crippen molar-refractivity contribution in [2.45, 2.75) is 110 Å². The van der Waals surface area contributed by atoms with Gasteiger partial charge in [0.15, 0.2) is 0 Å². The minimum Gasteiger partial charge on any atom is -0.461 e. The van der Waals surface area contributed by atoms with Crippen LogP contribution in [-0.4, -0.2) is 41.6 Å². The molecule has 0 aromatic carbocycles. The Hall–Kier alpha value is -1.95. The Balaban J connectivity index is 2.26. The average molecular weight is 449 g/mol. The maximum absolute atomic E-state index is 12.5. The lowest BCUT2D eigenvalue weighted by Crippen LogP contribution is -2.28. The van der Waals surface area contributed by atoms with E-state index in [2.05, 4.69) is 19.9 Å². The summed E-state index contributed by atoms with van der Waals surface area (Å²) in [7, 11) is 0. The van der Waals surface area contributed by atoms with Crippen LogP contribution in [0.2, 0.25) is 0 Å². The normalized spacial score (nSPS) is 37.6. The number of fused-ring (bicyclic) bond motifs is 1. The lowest BCUT2D eigenvalue weighted by molar-refractivity contribution is -0.152. The van der Waals surface area contributed by atoms with Gasteiger partial charge >= 0.3 is 11.9 Å². The molecule has 0 aromatic rings. The van der Waals surface area contributed by atoms with E-state index in [1.54, 1.807) is 6.08 Å². The third-order valence-corrected chi connectivity index (χ3v) is 6.31. The summed E-state index contributed by atoms with van der Waals surface area (Å²) in [6.45, 7) is 11.6. The molecule has 6 heteroatoms. The first-order chi connectivity index (χ1) is 15.0. The molecule has 0 saturated carbocycles. The van der Waals surface area contributed by atoms with Crippen LogP contribution < -0.4 is 0 Å². The maximum atomic E-state index is 12.5. The topological polar surface area (TPSA) is 78.9 Å². The molecular weight excluding hydrogens is 408 g/mol. The first-order valence-electron chi connectivity index (χ1n) is 11.9. The molecule has 180 valence electrons. The molecule has 0 aliphatic carbocycles. The average Bonchev–Trinajstić information content (AvgIpc) is 2.98. The molecule has 0 bridgehead atoms. The Morgan fingerprint density at radius 3 is 2.56 bits per heavy atom. The molecule has 0 amide bonds. The van der Waals surface area contributed by atoms with Crippen molar-refractivity contribution >= 4 is 17.7 Å². The first kappa shape index (κ1) is 26.3. The second-order valence-electron chi connectivity index (χ2n) is 9.92. The SMILES string of the molecule is CCC[C@@]1(C)C[C@H]2OC(=O)/C=C/[C@@H](C)CC(=O)O[C@@H](CC(C)=O)[C@H](C)/C=C(\C)CC[C@@H]2O1. The van der Waals surface area contributed by atoms with Gasteiger partial charge in [0.05, 0.1) is 18.1 Å². The highest BCUT2D eigenvalue weighted by atomic mass is 16.6. The van der Waals surface area contributed by atoms with Crippen molar-refractivity contribution in [2.75, 3.05) is 0 Å². The van der Waals surface area contributed by atoms with Crippen molar-refractivity contribution in [3.8, 4) is 0 Å². The van der Waals surface area contributed by atoms with E-state index < -0.39 is 12.1 Å². The van der Waals surface area contributed by atoms with Crippen LogP contribution in [0.5, 0.6) is 0 Å². The Bertz CT molecular complexity index is 739. The number of rotatable bonds is 4. The van der Waals surface area contributed by atoms with E-state index in [4.69, 9.17) is 14.2 Å². The van der Waals surface area contributed by atoms with Crippen LogP contribution in [0.1, 0.15) is 86.5 Å². The second kappa shape index (κ2) is 11.8. The van der Waals surface area contributed by atoms with Gasteiger partial charge in [-0.2, -0.15) is 0 Å². The van der Waals surface area contributed by atoms with Crippen LogP contribution in [0.25, 0.3) is 0 Å². The molecule has 0 N–H and O–H groups in total. The number of hydrogen-bond donors (Lipinski definition) is 0. The summed E-state index contributed by atoms with van der Waals surface area (Å²) < 4.78 is 17.8. The number of allylic oxidation sites excluding steroid dienone is 2. The summed E-state index contributed by atoms with van der Waals surface area (Å²) in [5, 5.41) is 0. The molecule has 0 unspecified atom stereocenters. The van der Waals surface area contributed by atoms with Gasteiger partial charge in [-0.25, -0.2) is 4.79 Å². The fourth-order valence-electron chi connectivity index (χ4n) is 4.71. The minimum absolute atomic E-state index is 0.0109. The lowest BCUT2D eigenvalue weighted by Gasteiger charge is -2.24. The molecule has 32 heavy (non-hydrogen) atoms. The van der Waals surface area contributed by atoms with Crippen molar-refractivity contribution in [1.82, 2.24) is 0 Å². The molecule has 0 spiro atoms. The molecular formula is C26H40O6. The van der Waals surface area contributed by atoms with E-state index in [-0.39, 0.29) is 54.2 Å². The van der Waals surface area contributed by atoms with E-state index >= 15 is 0 Å². The fourth-order valence-corrected chi connectivity index (χ4v) is 4.71. The Morgan fingerprint density at radius 1 is 1.19 bits per heavy atom. The van der Waals surface area contributed by atoms with Gasteiger partial charge in [-0.1, -0.05) is 44.9 Å². The zero-order valence-electron chi connectivity index (χ0n) is 20.5. The summed E-state index contributed by atoms with van der Waals surface area (Å²) >= 11 is 0. The van der Waals surface area contributed by atoms with Gasteiger partial charge in [0.1, 0.15) is 18.0 Å². The number of ether oxygens (including phenoxy) is 3. The van der Waals surface area contributed by atoms with E-state index in [0.717, 1.165) is 31.3 Å². The number of hydrogen-bond acceptors (Lipinski definition) is 6. The summed E-state index contributed by atoms with van der Waals surface area (Å²) in [6.07, 6.45) is 8.68. The molecule has 6 atom stereocenters. The van der Waals surface area contributed by atoms with Gasteiger partial charge in [-0.3, -0.25) is 9.59 Å². The number of carbonyl (C=O) groups excluding carboxylic acids is 3. The number of carbonyl (C=O) groups is 3. The smallest absolute Gasteiger partial charge is 0.330 e. The van der Waals surface area contributed by atoms with E-state index in [0.29, 0.717) is 6.42 Å². The first-order valence-corrected chi connectivity index (χ1v) is 11.9. The third-order valence-electron chi connectivity index (χ3n) is 6.31. The third kappa shape index (κ3) is 8.19. The Morgan fingerprint density at radius 2 is 1.91 bits per heavy atom. The Kier molecular flexibility index (Phi) is 9.68. The van der Waals surface area contributed by atoms with Gasteiger partial charge < -0.3 is 14.2 Å². The molecule has 2 rings (SSSR count). The molecule has 2 aliphatic heterocycles. The highest BCUT2D eigenvalue weighted by Crippen LogP contribution is 2.38. The van der Waals surface area contributed by atoms with Crippen molar-refractivity contribution in [3.05, 3.63) is 23.8 Å². The molecule has 0 aromatic heterocycles. The van der Waals surface area contributed by atoms with Crippen LogP contribution >= 0.6 is 0 Å². The van der Waals surface area contributed by atoms with Crippen molar-refractivity contribution in [2.24, 2.45) is 11.8 Å². The van der Waals surface area contributed by atoms with E-state index in [1.165, 1.54) is 13.0 Å². The van der Waals surface area contributed by atoms with Crippen molar-refractivity contribution < 1.29 is 28.6 Å². The summed E-state index contributed by atoms with van der Waals surface area (Å²) in [5.41, 5.74) is 0.849. The van der Waals surface area contributed by atoms with Crippen LogP contribution in [0, 0.1) is 11.8 Å². The highest BCUT2D eigenvalue weighted by Gasteiger charge is 2.44. The van der Waals surface area contributed by atoms with Crippen LogP contribution in [0.4, 0.5) is 0 Å².